The van der Waals surface area contributed by atoms with Crippen LogP contribution in [0.4, 0.5) is 0 Å². The summed E-state index contributed by atoms with van der Waals surface area (Å²) in [6.07, 6.45) is 6.65. The fourth-order valence-electron chi connectivity index (χ4n) is 4.56. The monoisotopic (exact) mass is 373 g/mol. The van der Waals surface area contributed by atoms with Gasteiger partial charge >= 0.3 is 0 Å². The van der Waals surface area contributed by atoms with Crippen LogP contribution in [0.15, 0.2) is 10.9 Å². The van der Waals surface area contributed by atoms with E-state index in [-0.39, 0.29) is 29.8 Å². The normalized spacial score (nSPS) is 28.9. The molecule has 1 amide bonds. The third kappa shape index (κ3) is 3.60. The average Bonchev–Trinajstić information content (AvgIpc) is 3.30. The number of carbonyl (C=O) groups excluding carboxylic acids is 1. The lowest BCUT2D eigenvalue weighted by molar-refractivity contribution is -0.129. The van der Waals surface area contributed by atoms with Crippen molar-refractivity contribution in [3.63, 3.8) is 0 Å². The average molecular weight is 373 g/mol. The van der Waals surface area contributed by atoms with Gasteiger partial charge in [0.05, 0.1) is 0 Å². The number of hydrogen-bond donors (Lipinski definition) is 3. The number of fused-ring (bicyclic) bond motifs is 2. The van der Waals surface area contributed by atoms with Crippen LogP contribution in [0.1, 0.15) is 57.9 Å². The predicted molar refractivity (Wildman–Crippen MR) is 96.9 cm³/mol. The molecule has 3 atom stereocenters. The van der Waals surface area contributed by atoms with Crippen molar-refractivity contribution in [1.82, 2.24) is 30.6 Å². The molecule has 0 saturated heterocycles. The van der Waals surface area contributed by atoms with Crippen LogP contribution in [0, 0.1) is 23.7 Å². The highest BCUT2D eigenvalue weighted by Gasteiger charge is 2.41. The van der Waals surface area contributed by atoms with Crippen molar-refractivity contribution in [1.29, 1.82) is 0 Å². The molecule has 2 heterocycles. The summed E-state index contributed by atoms with van der Waals surface area (Å²) in [6.45, 7) is 4.05. The number of carbonyl (C=O) groups is 1. The first-order valence-electron chi connectivity index (χ1n) is 9.78. The molecule has 9 heteroatoms. The summed E-state index contributed by atoms with van der Waals surface area (Å²) in [5.74, 6) is 2.28. The smallest absolute Gasteiger partial charge is 0.249 e. The molecule has 27 heavy (non-hydrogen) atoms. The van der Waals surface area contributed by atoms with E-state index in [9.17, 15) is 4.79 Å². The summed E-state index contributed by atoms with van der Waals surface area (Å²) in [6, 6.07) is -0.0822. The van der Waals surface area contributed by atoms with Gasteiger partial charge in [0.1, 0.15) is 12.4 Å². The predicted octanol–water partition coefficient (Wildman–Crippen LogP) is 1.82. The van der Waals surface area contributed by atoms with Crippen LogP contribution in [-0.4, -0.2) is 37.3 Å². The molecule has 4 N–H and O–H groups in total. The number of aromatic nitrogens is 5. The van der Waals surface area contributed by atoms with Crippen molar-refractivity contribution in [2.24, 2.45) is 29.4 Å². The molecule has 0 aromatic carbocycles. The van der Waals surface area contributed by atoms with Crippen molar-refractivity contribution >= 4 is 5.91 Å². The summed E-state index contributed by atoms with van der Waals surface area (Å²) >= 11 is 0. The maximum Gasteiger partial charge on any atom is 0.249 e. The standard InChI is InChI=1S/C18H27N7O2/c1-9(2)14(18-23-16(25-27-18)15-20-8-21-24-15)22-17(26)12-6-10-4-3-5-11(7-12)13(10)19/h8-14H,3-7,19H2,1-2H3,(H,22,26)(H,20,21,24). The van der Waals surface area contributed by atoms with Crippen molar-refractivity contribution in [2.45, 2.75) is 58.0 Å². The largest absolute Gasteiger partial charge is 0.344 e. The molecule has 2 bridgehead atoms. The maximum atomic E-state index is 13.0. The van der Waals surface area contributed by atoms with Crippen LogP contribution in [0.25, 0.3) is 11.6 Å². The second-order valence-electron chi connectivity index (χ2n) is 8.22. The molecule has 2 aliphatic carbocycles. The Bertz CT molecular complexity index is 759. The molecule has 2 aliphatic rings. The molecule has 2 aromatic heterocycles. The second kappa shape index (κ2) is 7.38. The molecule has 0 spiro atoms. The van der Waals surface area contributed by atoms with Gasteiger partial charge in [-0.15, -0.1) is 0 Å². The summed E-state index contributed by atoms with van der Waals surface area (Å²) in [5.41, 5.74) is 6.36. The highest BCUT2D eigenvalue weighted by Crippen LogP contribution is 2.42. The van der Waals surface area contributed by atoms with Gasteiger partial charge in [0.15, 0.2) is 5.82 Å². The minimum atomic E-state index is -0.336. The molecule has 0 aliphatic heterocycles. The van der Waals surface area contributed by atoms with Crippen LogP contribution >= 0.6 is 0 Å². The Hall–Kier alpha value is -2.29. The zero-order valence-electron chi connectivity index (χ0n) is 15.8. The Morgan fingerprint density at radius 3 is 2.70 bits per heavy atom. The Morgan fingerprint density at radius 1 is 1.33 bits per heavy atom. The van der Waals surface area contributed by atoms with E-state index in [0.717, 1.165) is 25.7 Å². The number of amides is 1. The van der Waals surface area contributed by atoms with Crippen LogP contribution in [-0.2, 0) is 4.79 Å². The summed E-state index contributed by atoms with van der Waals surface area (Å²) in [5, 5.41) is 13.6. The molecule has 4 rings (SSSR count). The lowest BCUT2D eigenvalue weighted by Gasteiger charge is -2.43. The van der Waals surface area contributed by atoms with Gasteiger partial charge in [-0.3, -0.25) is 9.89 Å². The second-order valence-corrected chi connectivity index (χ2v) is 8.22. The molecule has 0 radical (unpaired) electrons. The third-order valence-electron chi connectivity index (χ3n) is 6.08. The van der Waals surface area contributed by atoms with E-state index in [0.29, 0.717) is 29.4 Å². The Labute approximate surface area is 157 Å². The molecular formula is C18H27N7O2. The molecule has 9 nitrogen and oxygen atoms in total. The maximum absolute atomic E-state index is 13.0. The third-order valence-corrected chi connectivity index (χ3v) is 6.08. The first-order chi connectivity index (χ1) is 13.0. The van der Waals surface area contributed by atoms with Gasteiger partial charge in [0.2, 0.25) is 17.6 Å². The van der Waals surface area contributed by atoms with E-state index in [1.165, 1.54) is 12.7 Å². The first-order valence-corrected chi connectivity index (χ1v) is 9.78. The number of nitrogens with zero attached hydrogens (tertiary/aromatic N) is 4. The molecule has 2 saturated carbocycles. The van der Waals surface area contributed by atoms with Gasteiger partial charge in [-0.05, 0) is 43.4 Å². The molecule has 2 aromatic rings. The summed E-state index contributed by atoms with van der Waals surface area (Å²) in [4.78, 5) is 21.4. The van der Waals surface area contributed by atoms with Gasteiger partial charge in [-0.2, -0.15) is 10.1 Å². The number of rotatable bonds is 5. The van der Waals surface area contributed by atoms with Gasteiger partial charge in [-0.1, -0.05) is 25.4 Å². The van der Waals surface area contributed by atoms with E-state index in [1.807, 2.05) is 13.8 Å². The number of aromatic amines is 1. The van der Waals surface area contributed by atoms with Gasteiger partial charge in [0, 0.05) is 12.0 Å². The van der Waals surface area contributed by atoms with Crippen molar-refractivity contribution in [2.75, 3.05) is 0 Å². The minimum Gasteiger partial charge on any atom is -0.344 e. The van der Waals surface area contributed by atoms with E-state index in [4.69, 9.17) is 10.3 Å². The van der Waals surface area contributed by atoms with Crippen LogP contribution in [0.5, 0.6) is 0 Å². The molecule has 3 unspecified atom stereocenters. The number of nitrogens with two attached hydrogens (primary N) is 1. The van der Waals surface area contributed by atoms with E-state index in [2.05, 4.69) is 30.6 Å². The van der Waals surface area contributed by atoms with Crippen molar-refractivity contribution < 1.29 is 9.32 Å². The van der Waals surface area contributed by atoms with Crippen molar-refractivity contribution in [3.8, 4) is 11.6 Å². The molecule has 146 valence electrons. The van der Waals surface area contributed by atoms with Gasteiger partial charge in [0.25, 0.3) is 0 Å². The Kier molecular flexibility index (Phi) is 4.94. The fourth-order valence-corrected chi connectivity index (χ4v) is 4.56. The van der Waals surface area contributed by atoms with E-state index in [1.54, 1.807) is 0 Å². The van der Waals surface area contributed by atoms with E-state index < -0.39 is 0 Å². The lowest BCUT2D eigenvalue weighted by Crippen LogP contribution is -2.49. The molecule has 2 fully saturated rings. The minimum absolute atomic E-state index is 0.0121. The quantitative estimate of drug-likeness (QED) is 0.727. The highest BCUT2D eigenvalue weighted by molar-refractivity contribution is 5.79. The SMILES string of the molecule is CC(C)C(NC(=O)C1CC2CCCC(C1)C2N)c1nc(-c2ncn[nH]2)no1. The number of hydrogen-bond acceptors (Lipinski definition) is 7. The first kappa shape index (κ1) is 18.1. The Balaban J connectivity index is 1.46. The Morgan fingerprint density at radius 2 is 2.07 bits per heavy atom. The topological polar surface area (TPSA) is 136 Å². The lowest BCUT2D eigenvalue weighted by atomic mass is 9.65. The van der Waals surface area contributed by atoms with E-state index >= 15 is 0 Å². The van der Waals surface area contributed by atoms with Crippen LogP contribution in [0.2, 0.25) is 0 Å². The molecular weight excluding hydrogens is 346 g/mol. The number of nitrogens with one attached hydrogen (secondary N) is 2. The van der Waals surface area contributed by atoms with Gasteiger partial charge < -0.3 is 15.6 Å². The van der Waals surface area contributed by atoms with Crippen LogP contribution in [0.3, 0.4) is 0 Å². The zero-order valence-corrected chi connectivity index (χ0v) is 15.8. The van der Waals surface area contributed by atoms with Crippen LogP contribution < -0.4 is 11.1 Å². The summed E-state index contributed by atoms with van der Waals surface area (Å²) in [7, 11) is 0. The van der Waals surface area contributed by atoms with Gasteiger partial charge in [-0.25, -0.2) is 4.98 Å². The fraction of sp³-hybridized carbons (Fsp3) is 0.722. The summed E-state index contributed by atoms with van der Waals surface area (Å²) < 4.78 is 5.41. The number of H-pyrrole nitrogens is 1. The highest BCUT2D eigenvalue weighted by atomic mass is 16.5. The zero-order chi connectivity index (χ0) is 19.0. The van der Waals surface area contributed by atoms with Crippen molar-refractivity contribution in [3.05, 3.63) is 12.2 Å².